The van der Waals surface area contributed by atoms with Gasteiger partial charge in [-0.05, 0) is 24.6 Å². The normalized spacial score (nSPS) is 27.1. The zero-order valence-corrected chi connectivity index (χ0v) is 6.84. The number of aliphatic imine (C=N–C) groups is 1. The fourth-order valence-corrected chi connectivity index (χ4v) is 1.30. The van der Waals surface area contributed by atoms with E-state index in [0.29, 0.717) is 0 Å². The van der Waals surface area contributed by atoms with Gasteiger partial charge in [-0.2, -0.15) is 0 Å². The number of pyridine rings is 1. The molecule has 1 aliphatic rings. The third-order valence-electron chi connectivity index (χ3n) is 1.98. The molecule has 1 aromatic rings. The Kier molecular flexibility index (Phi) is 1.78. The first-order chi connectivity index (χ1) is 5.88. The van der Waals surface area contributed by atoms with Crippen LogP contribution in [-0.2, 0) is 4.74 Å². The fourth-order valence-electron chi connectivity index (χ4n) is 1.30. The van der Waals surface area contributed by atoms with Crippen LogP contribution in [0.15, 0.2) is 29.5 Å². The number of hydrogen-bond acceptors (Lipinski definition) is 3. The average Bonchev–Trinajstić information content (AvgIpc) is 2.53. The molecule has 3 nitrogen and oxygen atoms in total. The summed E-state index contributed by atoms with van der Waals surface area (Å²) in [4.78, 5) is 8.07. The van der Waals surface area contributed by atoms with Crippen molar-refractivity contribution in [3.05, 3.63) is 30.1 Å². The minimum Gasteiger partial charge on any atom is -0.473 e. The van der Waals surface area contributed by atoms with Gasteiger partial charge in [-0.25, -0.2) is 0 Å². The van der Waals surface area contributed by atoms with Crippen molar-refractivity contribution in [2.75, 3.05) is 0 Å². The fraction of sp³-hybridized carbons (Fsp3) is 0.333. The number of nitrogens with zero attached hydrogens (tertiary/aromatic N) is 2. The first kappa shape index (κ1) is 7.28. The standard InChI is InChI=1S/C9H10N2O/c1-7-9(12-6-11-7)8-2-4-10-5-3-8/h2-7,9H,1H3/t7-,9?/m1/s1. The first-order valence-electron chi connectivity index (χ1n) is 3.95. The highest BCUT2D eigenvalue weighted by Crippen LogP contribution is 2.25. The maximum absolute atomic E-state index is 5.33. The van der Waals surface area contributed by atoms with Crippen molar-refractivity contribution >= 4 is 6.40 Å². The Bertz CT molecular complexity index is 284. The molecule has 0 saturated heterocycles. The van der Waals surface area contributed by atoms with E-state index in [2.05, 4.69) is 9.98 Å². The molecule has 1 aliphatic heterocycles. The molecular weight excluding hydrogens is 152 g/mol. The molecule has 0 radical (unpaired) electrons. The molecule has 0 aliphatic carbocycles. The summed E-state index contributed by atoms with van der Waals surface area (Å²) in [6.07, 6.45) is 5.14. The molecule has 0 saturated carbocycles. The summed E-state index contributed by atoms with van der Waals surface area (Å²) in [7, 11) is 0. The smallest absolute Gasteiger partial charge is 0.170 e. The summed E-state index contributed by atoms with van der Waals surface area (Å²) in [6, 6.07) is 4.12. The van der Waals surface area contributed by atoms with E-state index < -0.39 is 0 Å². The SMILES string of the molecule is C[C@H]1N=COC1c1ccncc1. The lowest BCUT2D eigenvalue weighted by atomic mass is 10.1. The van der Waals surface area contributed by atoms with Crippen LogP contribution < -0.4 is 0 Å². The molecule has 3 heteroatoms. The second kappa shape index (κ2) is 2.93. The van der Waals surface area contributed by atoms with Gasteiger partial charge in [0.15, 0.2) is 6.40 Å². The Balaban J connectivity index is 2.22. The molecule has 0 amide bonds. The largest absolute Gasteiger partial charge is 0.473 e. The van der Waals surface area contributed by atoms with Crippen molar-refractivity contribution in [3.63, 3.8) is 0 Å². The number of aromatic nitrogens is 1. The quantitative estimate of drug-likeness (QED) is 0.628. The van der Waals surface area contributed by atoms with Crippen molar-refractivity contribution in [2.45, 2.75) is 19.1 Å². The van der Waals surface area contributed by atoms with Gasteiger partial charge in [0.1, 0.15) is 6.10 Å². The molecule has 0 fully saturated rings. The van der Waals surface area contributed by atoms with Gasteiger partial charge in [0.25, 0.3) is 0 Å². The van der Waals surface area contributed by atoms with Crippen molar-refractivity contribution in [1.82, 2.24) is 4.98 Å². The van der Waals surface area contributed by atoms with E-state index in [1.54, 1.807) is 12.4 Å². The van der Waals surface area contributed by atoms with Gasteiger partial charge in [0.05, 0.1) is 6.04 Å². The Labute approximate surface area is 71.1 Å². The van der Waals surface area contributed by atoms with Crippen LogP contribution >= 0.6 is 0 Å². The Morgan fingerprint density at radius 3 is 2.67 bits per heavy atom. The van der Waals surface area contributed by atoms with Gasteiger partial charge in [-0.3, -0.25) is 9.98 Å². The van der Waals surface area contributed by atoms with Crippen LogP contribution in [0.25, 0.3) is 0 Å². The second-order valence-corrected chi connectivity index (χ2v) is 2.83. The van der Waals surface area contributed by atoms with E-state index >= 15 is 0 Å². The topological polar surface area (TPSA) is 34.5 Å². The average molecular weight is 162 g/mol. The highest BCUT2D eigenvalue weighted by Gasteiger charge is 2.22. The van der Waals surface area contributed by atoms with Crippen LogP contribution in [-0.4, -0.2) is 17.4 Å². The number of ether oxygens (including phenoxy) is 1. The van der Waals surface area contributed by atoms with Gasteiger partial charge < -0.3 is 4.74 Å². The maximum Gasteiger partial charge on any atom is 0.170 e. The molecule has 0 N–H and O–H groups in total. The van der Waals surface area contributed by atoms with Crippen LogP contribution in [0.4, 0.5) is 0 Å². The van der Waals surface area contributed by atoms with Crippen LogP contribution in [0.1, 0.15) is 18.6 Å². The first-order valence-corrected chi connectivity index (χ1v) is 3.95. The molecule has 0 spiro atoms. The van der Waals surface area contributed by atoms with Gasteiger partial charge in [0.2, 0.25) is 0 Å². The monoisotopic (exact) mass is 162 g/mol. The van der Waals surface area contributed by atoms with E-state index in [9.17, 15) is 0 Å². The lowest BCUT2D eigenvalue weighted by molar-refractivity contribution is 0.210. The number of rotatable bonds is 1. The van der Waals surface area contributed by atoms with Crippen LogP contribution in [0.2, 0.25) is 0 Å². The van der Waals surface area contributed by atoms with E-state index in [1.807, 2.05) is 19.1 Å². The van der Waals surface area contributed by atoms with Crippen molar-refractivity contribution in [3.8, 4) is 0 Å². The highest BCUT2D eigenvalue weighted by molar-refractivity contribution is 5.50. The van der Waals surface area contributed by atoms with Crippen molar-refractivity contribution in [2.24, 2.45) is 4.99 Å². The zero-order valence-electron chi connectivity index (χ0n) is 6.84. The van der Waals surface area contributed by atoms with E-state index in [4.69, 9.17) is 4.74 Å². The van der Waals surface area contributed by atoms with Gasteiger partial charge in [0, 0.05) is 12.4 Å². The van der Waals surface area contributed by atoms with Gasteiger partial charge in [-0.1, -0.05) is 0 Å². The molecule has 0 bridgehead atoms. The molecule has 0 aromatic carbocycles. The molecular formula is C9H10N2O. The molecule has 12 heavy (non-hydrogen) atoms. The summed E-state index contributed by atoms with van der Waals surface area (Å²) < 4.78 is 5.33. The molecule has 62 valence electrons. The third kappa shape index (κ3) is 1.18. The summed E-state index contributed by atoms with van der Waals surface area (Å²) in [6.45, 7) is 2.04. The van der Waals surface area contributed by atoms with E-state index in [-0.39, 0.29) is 12.1 Å². The highest BCUT2D eigenvalue weighted by atomic mass is 16.5. The Morgan fingerprint density at radius 1 is 1.33 bits per heavy atom. The zero-order chi connectivity index (χ0) is 8.39. The van der Waals surface area contributed by atoms with E-state index in [0.717, 1.165) is 5.56 Å². The van der Waals surface area contributed by atoms with Crippen molar-refractivity contribution in [1.29, 1.82) is 0 Å². The van der Waals surface area contributed by atoms with Crippen LogP contribution in [0.3, 0.4) is 0 Å². The molecule has 1 aromatic heterocycles. The van der Waals surface area contributed by atoms with Crippen LogP contribution in [0.5, 0.6) is 0 Å². The Morgan fingerprint density at radius 2 is 2.08 bits per heavy atom. The van der Waals surface area contributed by atoms with Gasteiger partial charge >= 0.3 is 0 Å². The lowest BCUT2D eigenvalue weighted by Gasteiger charge is -2.12. The summed E-state index contributed by atoms with van der Waals surface area (Å²) >= 11 is 0. The maximum atomic E-state index is 5.33. The lowest BCUT2D eigenvalue weighted by Crippen LogP contribution is -2.09. The van der Waals surface area contributed by atoms with Crippen molar-refractivity contribution < 1.29 is 4.74 Å². The minimum atomic E-state index is 0.0769. The number of hydrogen-bond donors (Lipinski definition) is 0. The molecule has 1 unspecified atom stereocenters. The molecule has 2 rings (SSSR count). The predicted molar refractivity (Wildman–Crippen MR) is 46.0 cm³/mol. The summed E-state index contributed by atoms with van der Waals surface area (Å²) in [5.41, 5.74) is 1.13. The van der Waals surface area contributed by atoms with E-state index in [1.165, 1.54) is 6.40 Å². The third-order valence-corrected chi connectivity index (χ3v) is 1.98. The molecule has 2 heterocycles. The Hall–Kier alpha value is -1.38. The van der Waals surface area contributed by atoms with Crippen LogP contribution in [0, 0.1) is 0 Å². The minimum absolute atomic E-state index is 0.0769. The predicted octanol–water partition coefficient (Wildman–Crippen LogP) is 1.57. The molecule has 2 atom stereocenters. The van der Waals surface area contributed by atoms with Gasteiger partial charge in [-0.15, -0.1) is 0 Å². The second-order valence-electron chi connectivity index (χ2n) is 2.83. The summed E-state index contributed by atoms with van der Waals surface area (Å²) in [5, 5.41) is 0. The summed E-state index contributed by atoms with van der Waals surface area (Å²) in [5.74, 6) is 0.